The van der Waals surface area contributed by atoms with E-state index in [4.69, 9.17) is 0 Å². The normalized spacial score (nSPS) is 24.7. The smallest absolute Gasteiger partial charge is 0.0956 e. The minimum absolute atomic E-state index is 0.159. The number of fused-ring (bicyclic) bond motifs is 1. The van der Waals surface area contributed by atoms with Crippen molar-refractivity contribution in [2.24, 2.45) is 5.92 Å². The third kappa shape index (κ3) is 3.52. The number of nitrogens with zero attached hydrogens (tertiary/aromatic N) is 2. The van der Waals surface area contributed by atoms with Crippen molar-refractivity contribution in [2.75, 3.05) is 0 Å². The highest BCUT2D eigenvalue weighted by Gasteiger charge is 2.34. The Morgan fingerprint density at radius 2 is 1.63 bits per heavy atom. The Morgan fingerprint density at radius 1 is 0.967 bits per heavy atom. The number of aromatic nitrogens is 2. The van der Waals surface area contributed by atoms with Crippen molar-refractivity contribution in [3.8, 4) is 0 Å². The second kappa shape index (κ2) is 8.23. The fourth-order valence-electron chi connectivity index (χ4n) is 5.61. The molecule has 2 unspecified atom stereocenters. The lowest BCUT2D eigenvalue weighted by Crippen LogP contribution is -2.28. The molecule has 1 aliphatic carbocycles. The van der Waals surface area contributed by atoms with Gasteiger partial charge >= 0.3 is 0 Å². The molecule has 3 nitrogen and oxygen atoms in total. The first-order chi connectivity index (χ1) is 14.7. The Bertz CT molecular complexity index is 1010. The van der Waals surface area contributed by atoms with Crippen LogP contribution in [0, 0.1) is 5.92 Å². The van der Waals surface area contributed by atoms with Crippen molar-refractivity contribution < 1.29 is 5.11 Å². The van der Waals surface area contributed by atoms with Crippen molar-refractivity contribution >= 4 is 11.1 Å². The van der Waals surface area contributed by atoms with Crippen LogP contribution in [0.5, 0.6) is 0 Å². The Hall–Kier alpha value is -2.65. The van der Waals surface area contributed by atoms with Crippen LogP contribution in [0.15, 0.2) is 73.2 Å². The molecule has 0 amide bonds. The molecule has 2 aromatic carbocycles. The molecule has 3 aromatic rings. The molecule has 1 aromatic heterocycles. The lowest BCUT2D eigenvalue weighted by molar-refractivity contribution is 0.0665. The summed E-state index contributed by atoms with van der Waals surface area (Å²) < 4.78 is 2.26. The summed E-state index contributed by atoms with van der Waals surface area (Å²) in [4.78, 5) is 4.38. The predicted octanol–water partition coefficient (Wildman–Crippen LogP) is 6.09. The number of rotatable bonds is 5. The number of allylic oxidation sites excluding steroid dienone is 2. The molecular formula is C27H30N2O. The van der Waals surface area contributed by atoms with Crippen LogP contribution in [0.3, 0.4) is 0 Å². The van der Waals surface area contributed by atoms with E-state index in [0.717, 1.165) is 19.3 Å². The molecule has 1 fully saturated rings. The van der Waals surface area contributed by atoms with Gasteiger partial charge in [0, 0.05) is 0 Å². The average molecular weight is 399 g/mol. The van der Waals surface area contributed by atoms with Gasteiger partial charge in [0.2, 0.25) is 0 Å². The van der Waals surface area contributed by atoms with E-state index in [2.05, 4.69) is 77.1 Å². The van der Waals surface area contributed by atoms with Crippen LogP contribution in [0.1, 0.15) is 67.8 Å². The third-order valence-corrected chi connectivity index (χ3v) is 7.26. The van der Waals surface area contributed by atoms with Gasteiger partial charge in [-0.2, -0.15) is 0 Å². The molecule has 2 aliphatic rings. The Morgan fingerprint density at radius 3 is 2.33 bits per heavy atom. The fraction of sp³-hybridized carbons (Fsp3) is 0.370. The fourth-order valence-corrected chi connectivity index (χ4v) is 5.61. The summed E-state index contributed by atoms with van der Waals surface area (Å²) >= 11 is 0. The van der Waals surface area contributed by atoms with Gasteiger partial charge in [-0.15, -0.1) is 0 Å². The lowest BCUT2D eigenvalue weighted by Gasteiger charge is -2.33. The van der Waals surface area contributed by atoms with Crippen LogP contribution < -0.4 is 0 Å². The predicted molar refractivity (Wildman–Crippen MR) is 122 cm³/mol. The highest BCUT2D eigenvalue weighted by Crippen LogP contribution is 2.46. The second-order valence-electron chi connectivity index (χ2n) is 8.93. The molecule has 0 radical (unpaired) electrons. The third-order valence-electron chi connectivity index (χ3n) is 7.26. The molecule has 2 atom stereocenters. The Balaban J connectivity index is 1.31. The van der Waals surface area contributed by atoms with Crippen molar-refractivity contribution in [1.29, 1.82) is 0 Å². The van der Waals surface area contributed by atoms with Gasteiger partial charge < -0.3 is 9.67 Å². The Kier molecular flexibility index (Phi) is 5.30. The molecule has 1 saturated carbocycles. The molecule has 0 saturated heterocycles. The first-order valence-corrected chi connectivity index (χ1v) is 11.2. The van der Waals surface area contributed by atoms with Crippen LogP contribution >= 0.6 is 0 Å². The zero-order valence-corrected chi connectivity index (χ0v) is 17.6. The summed E-state index contributed by atoms with van der Waals surface area (Å²) in [5.74, 6) is 1.03. The summed E-state index contributed by atoms with van der Waals surface area (Å²) in [5, 5.41) is 11.2. The molecule has 154 valence electrons. The minimum Gasteiger partial charge on any atom is -0.393 e. The first kappa shape index (κ1) is 19.3. The minimum atomic E-state index is -0.286. The van der Waals surface area contributed by atoms with E-state index in [-0.39, 0.29) is 12.1 Å². The van der Waals surface area contributed by atoms with Gasteiger partial charge in [-0.05, 0) is 73.1 Å². The molecule has 3 heteroatoms. The van der Waals surface area contributed by atoms with E-state index >= 15 is 0 Å². The first-order valence-electron chi connectivity index (χ1n) is 11.2. The summed E-state index contributed by atoms with van der Waals surface area (Å²) in [6.07, 6.45) is 8.91. The monoisotopic (exact) mass is 398 g/mol. The zero-order chi connectivity index (χ0) is 20.5. The maximum absolute atomic E-state index is 11.2. The molecule has 2 heterocycles. The van der Waals surface area contributed by atoms with Gasteiger partial charge in [0.25, 0.3) is 0 Å². The molecule has 30 heavy (non-hydrogen) atoms. The SMILES string of the molecule is CC1=C(c2ccccc2)C(CC(O)C2CCC(c3ccccc3)CC2)n2cncc21. The quantitative estimate of drug-likeness (QED) is 0.564. The maximum atomic E-state index is 11.2. The highest BCUT2D eigenvalue weighted by molar-refractivity contribution is 5.93. The number of hydrogen-bond acceptors (Lipinski definition) is 2. The molecular weight excluding hydrogens is 368 g/mol. The zero-order valence-electron chi connectivity index (χ0n) is 17.6. The summed E-state index contributed by atoms with van der Waals surface area (Å²) in [7, 11) is 0. The van der Waals surface area contributed by atoms with Crippen molar-refractivity contribution in [3.63, 3.8) is 0 Å². The van der Waals surface area contributed by atoms with Gasteiger partial charge in [0.1, 0.15) is 0 Å². The van der Waals surface area contributed by atoms with Crippen LogP contribution in [-0.4, -0.2) is 20.8 Å². The highest BCUT2D eigenvalue weighted by atomic mass is 16.3. The van der Waals surface area contributed by atoms with Crippen LogP contribution in [-0.2, 0) is 0 Å². The summed E-state index contributed by atoms with van der Waals surface area (Å²) in [6.45, 7) is 2.19. The van der Waals surface area contributed by atoms with Crippen LogP contribution in [0.4, 0.5) is 0 Å². The molecule has 0 spiro atoms. The van der Waals surface area contributed by atoms with Crippen LogP contribution in [0.2, 0.25) is 0 Å². The topological polar surface area (TPSA) is 38.0 Å². The van der Waals surface area contributed by atoms with Crippen molar-refractivity contribution in [1.82, 2.24) is 9.55 Å². The van der Waals surface area contributed by atoms with E-state index in [9.17, 15) is 5.11 Å². The van der Waals surface area contributed by atoms with Gasteiger partial charge in [0.15, 0.2) is 0 Å². The Labute approximate surface area is 179 Å². The van der Waals surface area contributed by atoms with E-state index in [1.165, 1.54) is 40.8 Å². The number of hydrogen-bond donors (Lipinski definition) is 1. The molecule has 1 aliphatic heterocycles. The number of aliphatic hydroxyl groups excluding tert-OH is 1. The van der Waals surface area contributed by atoms with Gasteiger partial charge in [-0.25, -0.2) is 4.98 Å². The number of aliphatic hydroxyl groups is 1. The number of imidazole rings is 1. The lowest BCUT2D eigenvalue weighted by atomic mass is 9.75. The maximum Gasteiger partial charge on any atom is 0.0956 e. The average Bonchev–Trinajstić information content (AvgIpc) is 3.38. The van der Waals surface area contributed by atoms with Gasteiger partial charge in [-0.3, -0.25) is 0 Å². The van der Waals surface area contributed by atoms with Crippen LogP contribution in [0.25, 0.3) is 11.1 Å². The van der Waals surface area contributed by atoms with Crippen molar-refractivity contribution in [2.45, 2.75) is 57.1 Å². The standard InChI is InChI=1S/C27H30N2O/c1-19-25-17-28-18-29(25)24(27(19)23-10-6-3-7-11-23)16-26(30)22-14-12-21(13-15-22)20-8-4-2-5-9-20/h2-11,17-18,21-22,24,26,30H,12-16H2,1H3. The molecule has 0 bridgehead atoms. The second-order valence-corrected chi connectivity index (χ2v) is 8.93. The van der Waals surface area contributed by atoms with Crippen molar-refractivity contribution in [3.05, 3.63) is 90.0 Å². The summed E-state index contributed by atoms with van der Waals surface area (Å²) in [6, 6.07) is 21.6. The van der Waals surface area contributed by atoms with E-state index in [1.807, 2.05) is 12.5 Å². The van der Waals surface area contributed by atoms with Gasteiger partial charge in [-0.1, -0.05) is 60.7 Å². The largest absolute Gasteiger partial charge is 0.393 e. The number of benzene rings is 2. The van der Waals surface area contributed by atoms with E-state index < -0.39 is 0 Å². The summed E-state index contributed by atoms with van der Waals surface area (Å²) in [5.41, 5.74) is 6.51. The molecule has 5 rings (SSSR count). The van der Waals surface area contributed by atoms with E-state index in [0.29, 0.717) is 11.8 Å². The van der Waals surface area contributed by atoms with E-state index in [1.54, 1.807) is 0 Å². The molecule has 1 N–H and O–H groups in total. The van der Waals surface area contributed by atoms with Gasteiger partial charge in [0.05, 0.1) is 30.4 Å².